The van der Waals surface area contributed by atoms with Crippen LogP contribution in [0.25, 0.3) is 16.7 Å². The fourth-order valence-corrected chi connectivity index (χ4v) is 2.97. The SMILES string of the molecule is CN(C)CCON=C1c2cc([N+](=O)[O-])ccc2-n2c1nc1ncccc1c2=O. The number of nitro groups is 1. The van der Waals surface area contributed by atoms with Crippen LogP contribution in [0.3, 0.4) is 0 Å². The third-order valence-corrected chi connectivity index (χ3v) is 4.33. The molecule has 0 fully saturated rings. The fourth-order valence-electron chi connectivity index (χ4n) is 2.97. The Bertz CT molecular complexity index is 1180. The fraction of sp³-hybridized carbons (Fsp3) is 0.222. The molecule has 0 N–H and O–H groups in total. The van der Waals surface area contributed by atoms with Crippen molar-refractivity contribution < 1.29 is 9.76 Å². The Balaban J connectivity index is 1.92. The molecule has 0 aliphatic carbocycles. The van der Waals surface area contributed by atoms with E-state index in [1.165, 1.54) is 22.8 Å². The predicted octanol–water partition coefficient (Wildman–Crippen LogP) is 1.33. The molecule has 0 amide bonds. The summed E-state index contributed by atoms with van der Waals surface area (Å²) in [7, 11) is 3.80. The number of aromatic nitrogens is 3. The van der Waals surface area contributed by atoms with Crippen LogP contribution in [0.1, 0.15) is 11.4 Å². The first kappa shape index (κ1) is 17.7. The molecule has 3 aromatic rings. The highest BCUT2D eigenvalue weighted by Gasteiger charge is 2.31. The van der Waals surface area contributed by atoms with Crippen LogP contribution in [0.15, 0.2) is 46.5 Å². The second kappa shape index (κ2) is 6.82. The number of hydrogen-bond donors (Lipinski definition) is 0. The maximum Gasteiger partial charge on any atom is 0.270 e. The average molecular weight is 380 g/mol. The summed E-state index contributed by atoms with van der Waals surface area (Å²) in [5.74, 6) is 0.247. The van der Waals surface area contributed by atoms with Gasteiger partial charge < -0.3 is 9.74 Å². The minimum atomic E-state index is -0.498. The number of nitrogens with zero attached hydrogens (tertiary/aromatic N) is 6. The normalized spacial score (nSPS) is 13.8. The van der Waals surface area contributed by atoms with E-state index in [1.807, 2.05) is 19.0 Å². The van der Waals surface area contributed by atoms with Crippen molar-refractivity contribution >= 4 is 22.4 Å². The second-order valence-corrected chi connectivity index (χ2v) is 6.49. The monoisotopic (exact) mass is 380 g/mol. The summed E-state index contributed by atoms with van der Waals surface area (Å²) in [4.78, 5) is 39.7. The number of non-ortho nitro benzene ring substituents is 1. The van der Waals surface area contributed by atoms with Crippen LogP contribution in [-0.2, 0) is 4.84 Å². The van der Waals surface area contributed by atoms with E-state index in [9.17, 15) is 14.9 Å². The van der Waals surface area contributed by atoms with Gasteiger partial charge in [0.05, 0.1) is 16.0 Å². The van der Waals surface area contributed by atoms with Crippen molar-refractivity contribution in [3.63, 3.8) is 0 Å². The van der Waals surface area contributed by atoms with Gasteiger partial charge >= 0.3 is 0 Å². The number of oxime groups is 1. The molecule has 2 aromatic heterocycles. The highest BCUT2D eigenvalue weighted by atomic mass is 16.6. The third kappa shape index (κ3) is 2.89. The van der Waals surface area contributed by atoms with E-state index in [-0.39, 0.29) is 28.4 Å². The summed E-state index contributed by atoms with van der Waals surface area (Å²) < 4.78 is 1.39. The molecule has 0 saturated heterocycles. The first-order valence-electron chi connectivity index (χ1n) is 8.49. The molecule has 0 radical (unpaired) electrons. The summed E-state index contributed by atoms with van der Waals surface area (Å²) in [6.45, 7) is 0.953. The topological polar surface area (TPSA) is 116 Å². The van der Waals surface area contributed by atoms with Crippen LogP contribution >= 0.6 is 0 Å². The molecular weight excluding hydrogens is 364 g/mol. The number of fused-ring (bicyclic) bond motifs is 4. The maximum absolute atomic E-state index is 13.0. The lowest BCUT2D eigenvalue weighted by molar-refractivity contribution is -0.384. The molecular formula is C18H16N6O4. The standard InChI is InChI=1S/C18H16N6O4/c1-22(2)8-9-28-21-15-13-10-11(24(26)27)5-6-14(13)23-17(15)20-16-12(18(23)25)4-3-7-19-16/h3-7,10H,8-9H2,1-2H3. The summed E-state index contributed by atoms with van der Waals surface area (Å²) in [6, 6.07) is 7.53. The smallest absolute Gasteiger partial charge is 0.270 e. The Labute approximate surface area is 158 Å². The van der Waals surface area contributed by atoms with Crippen molar-refractivity contribution in [3.05, 3.63) is 68.4 Å². The van der Waals surface area contributed by atoms with Gasteiger partial charge in [-0.2, -0.15) is 0 Å². The van der Waals surface area contributed by atoms with E-state index in [2.05, 4.69) is 15.1 Å². The highest BCUT2D eigenvalue weighted by molar-refractivity contribution is 6.16. The second-order valence-electron chi connectivity index (χ2n) is 6.49. The van der Waals surface area contributed by atoms with E-state index >= 15 is 0 Å². The summed E-state index contributed by atoms with van der Waals surface area (Å²) in [5, 5.41) is 15.7. The molecule has 0 bridgehead atoms. The Hall–Kier alpha value is -3.66. The minimum Gasteiger partial charge on any atom is -0.394 e. The van der Waals surface area contributed by atoms with Gasteiger partial charge in [-0.15, -0.1) is 0 Å². The molecule has 1 aliphatic heterocycles. The zero-order valence-corrected chi connectivity index (χ0v) is 15.2. The van der Waals surface area contributed by atoms with Crippen molar-refractivity contribution in [2.75, 3.05) is 27.2 Å². The van der Waals surface area contributed by atoms with Gasteiger partial charge in [-0.05, 0) is 32.3 Å². The van der Waals surface area contributed by atoms with Crippen molar-refractivity contribution in [3.8, 4) is 5.69 Å². The maximum atomic E-state index is 13.0. The molecule has 0 unspecified atom stereocenters. The number of hydrogen-bond acceptors (Lipinski definition) is 8. The van der Waals surface area contributed by atoms with Gasteiger partial charge in [-0.25, -0.2) is 9.97 Å². The molecule has 3 heterocycles. The lowest BCUT2D eigenvalue weighted by atomic mass is 10.1. The van der Waals surface area contributed by atoms with Gasteiger partial charge in [0, 0.05) is 30.4 Å². The van der Waals surface area contributed by atoms with Gasteiger partial charge in [0.2, 0.25) is 0 Å². The van der Waals surface area contributed by atoms with E-state index in [4.69, 9.17) is 4.84 Å². The number of pyridine rings is 1. The predicted molar refractivity (Wildman–Crippen MR) is 102 cm³/mol. The van der Waals surface area contributed by atoms with Gasteiger partial charge in [0.1, 0.15) is 6.61 Å². The molecule has 28 heavy (non-hydrogen) atoms. The average Bonchev–Trinajstić information content (AvgIpc) is 2.98. The zero-order valence-electron chi connectivity index (χ0n) is 15.2. The third-order valence-electron chi connectivity index (χ3n) is 4.33. The minimum absolute atomic E-state index is 0.108. The van der Waals surface area contributed by atoms with Crippen molar-refractivity contribution in [1.82, 2.24) is 19.4 Å². The van der Waals surface area contributed by atoms with E-state index in [1.54, 1.807) is 18.3 Å². The van der Waals surface area contributed by atoms with E-state index < -0.39 is 4.92 Å². The van der Waals surface area contributed by atoms with Crippen LogP contribution in [0.2, 0.25) is 0 Å². The number of rotatable bonds is 5. The molecule has 142 valence electrons. The summed E-state index contributed by atoms with van der Waals surface area (Å²) in [5.41, 5.74) is 1.01. The van der Waals surface area contributed by atoms with Crippen LogP contribution in [-0.4, -0.2) is 57.3 Å². The number of likely N-dealkylation sites (N-methyl/N-ethyl adjacent to an activating group) is 1. The Morgan fingerprint density at radius 2 is 2.14 bits per heavy atom. The zero-order chi connectivity index (χ0) is 19.8. The molecule has 4 rings (SSSR count). The van der Waals surface area contributed by atoms with Gasteiger partial charge in [0.25, 0.3) is 11.2 Å². The Morgan fingerprint density at radius 3 is 2.89 bits per heavy atom. The number of nitro benzene ring substituents is 1. The summed E-state index contributed by atoms with van der Waals surface area (Å²) in [6.07, 6.45) is 1.54. The Morgan fingerprint density at radius 1 is 1.32 bits per heavy atom. The van der Waals surface area contributed by atoms with Crippen LogP contribution in [0.5, 0.6) is 0 Å². The van der Waals surface area contributed by atoms with Crippen molar-refractivity contribution in [1.29, 1.82) is 0 Å². The molecule has 10 heteroatoms. The molecule has 0 spiro atoms. The van der Waals surface area contributed by atoms with Crippen LogP contribution in [0.4, 0.5) is 5.69 Å². The van der Waals surface area contributed by atoms with Crippen molar-refractivity contribution in [2.45, 2.75) is 0 Å². The quantitative estimate of drug-likeness (QED) is 0.291. The first-order chi connectivity index (χ1) is 13.5. The highest BCUT2D eigenvalue weighted by Crippen LogP contribution is 2.30. The van der Waals surface area contributed by atoms with E-state index in [0.717, 1.165) is 0 Å². The van der Waals surface area contributed by atoms with Gasteiger partial charge in [-0.3, -0.25) is 19.5 Å². The van der Waals surface area contributed by atoms with Crippen LogP contribution < -0.4 is 5.56 Å². The molecule has 1 aromatic carbocycles. The Kier molecular flexibility index (Phi) is 4.32. The van der Waals surface area contributed by atoms with Crippen LogP contribution in [0, 0.1) is 10.1 Å². The lowest BCUT2D eigenvalue weighted by Crippen LogP contribution is -2.22. The lowest BCUT2D eigenvalue weighted by Gasteiger charge is -2.08. The molecule has 10 nitrogen and oxygen atoms in total. The number of benzene rings is 1. The molecule has 0 saturated carbocycles. The van der Waals surface area contributed by atoms with Gasteiger partial charge in [0.15, 0.2) is 17.2 Å². The van der Waals surface area contributed by atoms with Gasteiger partial charge in [-0.1, -0.05) is 5.16 Å². The first-order valence-corrected chi connectivity index (χ1v) is 8.49. The van der Waals surface area contributed by atoms with E-state index in [0.29, 0.717) is 29.8 Å². The largest absolute Gasteiger partial charge is 0.394 e. The summed E-state index contributed by atoms with van der Waals surface area (Å²) >= 11 is 0. The molecule has 1 aliphatic rings. The molecule has 0 atom stereocenters. The van der Waals surface area contributed by atoms with Crippen molar-refractivity contribution in [2.24, 2.45) is 5.16 Å².